The molecule has 4 aromatic rings. The molecule has 2 saturated heterocycles. The summed E-state index contributed by atoms with van der Waals surface area (Å²) < 4.78 is 7.48. The summed E-state index contributed by atoms with van der Waals surface area (Å²) in [6.45, 7) is 13.0. The van der Waals surface area contributed by atoms with Crippen LogP contribution in [0.4, 0.5) is 16.6 Å². The van der Waals surface area contributed by atoms with E-state index >= 15 is 0 Å². The van der Waals surface area contributed by atoms with Gasteiger partial charge in [-0.05, 0) is 74.9 Å². The number of nitrogens with one attached hydrogen (secondary N) is 1. The zero-order valence-corrected chi connectivity index (χ0v) is 28.9. The average Bonchev–Trinajstić information content (AvgIpc) is 3.53. The molecule has 2 aliphatic rings. The molecule has 3 amide bonds. The van der Waals surface area contributed by atoms with E-state index in [0.29, 0.717) is 41.8 Å². The molecule has 12 heteroatoms. The molecule has 3 aromatic heterocycles. The van der Waals surface area contributed by atoms with Gasteiger partial charge in [-0.25, -0.2) is 14.8 Å². The van der Waals surface area contributed by atoms with Crippen LogP contribution in [0.5, 0.6) is 0 Å². The van der Waals surface area contributed by atoms with Crippen molar-refractivity contribution in [3.05, 3.63) is 71.7 Å². The Bertz CT molecular complexity index is 1840. The second kappa shape index (κ2) is 12.2. The first-order valence-corrected chi connectivity index (χ1v) is 16.3. The summed E-state index contributed by atoms with van der Waals surface area (Å²) >= 11 is 0. The van der Waals surface area contributed by atoms with E-state index in [0.717, 1.165) is 23.9 Å². The van der Waals surface area contributed by atoms with Gasteiger partial charge in [-0.2, -0.15) is 4.98 Å². The van der Waals surface area contributed by atoms with Crippen molar-refractivity contribution < 1.29 is 19.1 Å². The van der Waals surface area contributed by atoms with E-state index in [1.54, 1.807) is 54.5 Å². The minimum Gasteiger partial charge on any atom is -0.444 e. The summed E-state index contributed by atoms with van der Waals surface area (Å²) in [6.07, 6.45) is 4.59. The van der Waals surface area contributed by atoms with Gasteiger partial charge in [-0.1, -0.05) is 32.9 Å². The van der Waals surface area contributed by atoms with E-state index in [2.05, 4.69) is 48.2 Å². The van der Waals surface area contributed by atoms with Crippen molar-refractivity contribution >= 4 is 40.7 Å². The Morgan fingerprint density at radius 1 is 0.896 bits per heavy atom. The number of likely N-dealkylation sites (tertiary alicyclic amines) is 1. The highest BCUT2D eigenvalue weighted by molar-refractivity contribution is 5.99. The minimum absolute atomic E-state index is 0.0115. The summed E-state index contributed by atoms with van der Waals surface area (Å²) in [5.41, 5.74) is 2.93. The highest BCUT2D eigenvalue weighted by Crippen LogP contribution is 2.33. The maximum absolute atomic E-state index is 13.5. The van der Waals surface area contributed by atoms with Crippen LogP contribution in [0, 0.1) is 0 Å². The van der Waals surface area contributed by atoms with Crippen LogP contribution >= 0.6 is 0 Å². The number of hydrogen-bond donors (Lipinski definition) is 1. The van der Waals surface area contributed by atoms with Crippen LogP contribution in [0.25, 0.3) is 16.7 Å². The SMILES string of the molecule is CN(C)C(=O)c1cc2cnc(Nc3ccc(C(=O)N4CC5CCC(C4)N5C(=O)OC(C)(C)C)cn3)nc2n1-c1ccc(C(C)(C)C)cc1. The molecule has 5 heterocycles. The topological polar surface area (TPSA) is 126 Å². The molecule has 252 valence electrons. The fraction of sp³-hybridized carbons (Fsp3) is 0.444. The number of ether oxygens (including phenoxy) is 1. The molecule has 6 rings (SSSR count). The van der Waals surface area contributed by atoms with Crippen LogP contribution in [0.2, 0.25) is 0 Å². The monoisotopic (exact) mass is 652 g/mol. The predicted octanol–water partition coefficient (Wildman–Crippen LogP) is 5.78. The molecule has 0 aliphatic carbocycles. The number of pyridine rings is 1. The first-order chi connectivity index (χ1) is 22.6. The molecular weight excluding hydrogens is 608 g/mol. The smallest absolute Gasteiger partial charge is 0.410 e. The third-order valence-electron chi connectivity index (χ3n) is 8.78. The average molecular weight is 653 g/mol. The molecule has 2 unspecified atom stereocenters. The highest BCUT2D eigenvalue weighted by atomic mass is 16.6. The molecule has 2 fully saturated rings. The molecule has 12 nitrogen and oxygen atoms in total. The van der Waals surface area contributed by atoms with Gasteiger partial charge in [-0.3, -0.25) is 19.1 Å². The Balaban J connectivity index is 1.20. The molecule has 1 aromatic carbocycles. The van der Waals surface area contributed by atoms with E-state index in [-0.39, 0.29) is 35.4 Å². The van der Waals surface area contributed by atoms with Gasteiger partial charge < -0.3 is 19.9 Å². The number of amides is 3. The van der Waals surface area contributed by atoms with Crippen LogP contribution in [-0.4, -0.2) is 97.0 Å². The zero-order chi connectivity index (χ0) is 34.5. The highest BCUT2D eigenvalue weighted by Gasteiger charge is 2.45. The summed E-state index contributed by atoms with van der Waals surface area (Å²) in [5, 5.41) is 3.87. The van der Waals surface area contributed by atoms with Crippen LogP contribution < -0.4 is 5.32 Å². The van der Waals surface area contributed by atoms with E-state index in [1.807, 2.05) is 42.4 Å². The van der Waals surface area contributed by atoms with Crippen LogP contribution in [-0.2, 0) is 10.2 Å². The van der Waals surface area contributed by atoms with Gasteiger partial charge in [0.2, 0.25) is 5.95 Å². The van der Waals surface area contributed by atoms with Crippen LogP contribution in [0.15, 0.2) is 54.9 Å². The molecule has 0 spiro atoms. The summed E-state index contributed by atoms with van der Waals surface area (Å²) in [4.78, 5) is 58.4. The Morgan fingerprint density at radius 3 is 2.12 bits per heavy atom. The molecule has 1 N–H and O–H groups in total. The fourth-order valence-electron chi connectivity index (χ4n) is 6.38. The van der Waals surface area contributed by atoms with Gasteiger partial charge in [-0.15, -0.1) is 0 Å². The van der Waals surface area contributed by atoms with Gasteiger partial charge in [0, 0.05) is 50.7 Å². The Morgan fingerprint density at radius 2 is 1.56 bits per heavy atom. The van der Waals surface area contributed by atoms with Gasteiger partial charge in [0.25, 0.3) is 11.8 Å². The third kappa shape index (κ3) is 6.56. The molecule has 48 heavy (non-hydrogen) atoms. The van der Waals surface area contributed by atoms with Crippen LogP contribution in [0.3, 0.4) is 0 Å². The van der Waals surface area contributed by atoms with E-state index in [1.165, 1.54) is 5.56 Å². The van der Waals surface area contributed by atoms with Crippen molar-refractivity contribution in [3.8, 4) is 5.69 Å². The van der Waals surface area contributed by atoms with E-state index in [9.17, 15) is 14.4 Å². The fourth-order valence-corrected chi connectivity index (χ4v) is 6.38. The van der Waals surface area contributed by atoms with Gasteiger partial charge in [0.15, 0.2) is 5.65 Å². The second-order valence-electron chi connectivity index (χ2n) is 14.9. The molecule has 0 saturated carbocycles. The normalized spacial score (nSPS) is 17.8. The lowest BCUT2D eigenvalue weighted by atomic mass is 9.87. The number of hydrogen-bond acceptors (Lipinski definition) is 8. The van der Waals surface area contributed by atoms with Gasteiger partial charge in [0.1, 0.15) is 17.1 Å². The van der Waals surface area contributed by atoms with Crippen molar-refractivity contribution in [2.75, 3.05) is 32.5 Å². The van der Waals surface area contributed by atoms with Crippen LogP contribution in [0.1, 0.15) is 80.8 Å². The van der Waals surface area contributed by atoms with E-state index < -0.39 is 5.60 Å². The van der Waals surface area contributed by atoms with Gasteiger partial charge >= 0.3 is 6.09 Å². The molecular formula is C36H44N8O4. The van der Waals surface area contributed by atoms with Crippen molar-refractivity contribution in [3.63, 3.8) is 0 Å². The molecule has 2 bridgehead atoms. The first kappa shape index (κ1) is 32.9. The maximum atomic E-state index is 13.5. The summed E-state index contributed by atoms with van der Waals surface area (Å²) in [6, 6.07) is 13.3. The van der Waals surface area contributed by atoms with E-state index in [4.69, 9.17) is 9.72 Å². The summed E-state index contributed by atoms with van der Waals surface area (Å²) in [7, 11) is 3.44. The lowest BCUT2D eigenvalue weighted by Crippen LogP contribution is -2.57. The van der Waals surface area contributed by atoms with Crippen molar-refractivity contribution in [2.24, 2.45) is 0 Å². The number of carbonyl (C=O) groups excluding carboxylic acids is 3. The maximum Gasteiger partial charge on any atom is 0.410 e. The summed E-state index contributed by atoms with van der Waals surface area (Å²) in [5.74, 6) is 0.501. The van der Waals surface area contributed by atoms with Crippen molar-refractivity contribution in [1.82, 2.24) is 34.2 Å². The standard InChI is InChI=1S/C36H44N8O4/c1-35(2,3)24-10-12-25(13-11-24)44-28(32(46)41(7)8)17-23-19-38-33(40-30(23)44)39-29-16-9-22(18-37-29)31(45)42-20-26-14-15-27(21-42)43(26)34(47)48-36(4,5)6/h9-13,16-19,26-27H,14-15,20-21H2,1-8H3,(H,37,38,39,40). The third-order valence-corrected chi connectivity index (χ3v) is 8.78. The van der Waals surface area contributed by atoms with Gasteiger partial charge in [0.05, 0.1) is 17.6 Å². The number of nitrogens with zero attached hydrogens (tertiary/aromatic N) is 7. The Kier molecular flexibility index (Phi) is 8.38. The number of benzene rings is 1. The number of piperazine rings is 1. The van der Waals surface area contributed by atoms with Crippen molar-refractivity contribution in [1.29, 1.82) is 0 Å². The Hall–Kier alpha value is -5.00. The molecule has 2 atom stereocenters. The first-order valence-electron chi connectivity index (χ1n) is 16.3. The predicted molar refractivity (Wildman–Crippen MR) is 184 cm³/mol. The lowest BCUT2D eigenvalue weighted by molar-refractivity contribution is -0.00336. The number of anilines is 2. The number of carbonyl (C=O) groups is 3. The zero-order valence-electron chi connectivity index (χ0n) is 28.9. The Labute approximate surface area is 281 Å². The largest absolute Gasteiger partial charge is 0.444 e. The number of aromatic nitrogens is 4. The lowest BCUT2D eigenvalue weighted by Gasteiger charge is -2.41. The minimum atomic E-state index is -0.571. The quantitative estimate of drug-likeness (QED) is 0.288. The number of fused-ring (bicyclic) bond motifs is 3. The van der Waals surface area contributed by atoms with Crippen molar-refractivity contribution in [2.45, 2.75) is 77.5 Å². The molecule has 0 radical (unpaired) electrons. The second-order valence-corrected chi connectivity index (χ2v) is 14.9. The molecule has 2 aliphatic heterocycles. The number of rotatable bonds is 5.